The summed E-state index contributed by atoms with van der Waals surface area (Å²) >= 11 is 6.17. The molecule has 0 spiro atoms. The summed E-state index contributed by atoms with van der Waals surface area (Å²) in [6.07, 6.45) is 3.09. The predicted octanol–water partition coefficient (Wildman–Crippen LogP) is 6.62. The molecule has 0 radical (unpaired) electrons. The van der Waals surface area contributed by atoms with E-state index in [1.165, 1.54) is 0 Å². The van der Waals surface area contributed by atoms with Crippen LogP contribution < -0.4 is 14.5 Å². The van der Waals surface area contributed by atoms with Crippen LogP contribution in [-0.2, 0) is 12.8 Å². The number of anilines is 2. The molecule has 0 amide bonds. The molecule has 1 aliphatic heterocycles. The van der Waals surface area contributed by atoms with E-state index in [4.69, 9.17) is 16.3 Å². The van der Waals surface area contributed by atoms with Gasteiger partial charge in [0.2, 0.25) is 0 Å². The van der Waals surface area contributed by atoms with Crippen LogP contribution in [0, 0.1) is 5.82 Å². The van der Waals surface area contributed by atoms with E-state index in [-0.39, 0.29) is 24.1 Å². The first-order valence-electron chi connectivity index (χ1n) is 13.6. The molecular weight excluding hydrogens is 515 g/mol. The van der Waals surface area contributed by atoms with Crippen LogP contribution in [0.15, 0.2) is 60.8 Å². The molecular formula is C31H34ClFN4O2. The van der Waals surface area contributed by atoms with Crippen LogP contribution in [-0.4, -0.2) is 47.5 Å². The zero-order valence-corrected chi connectivity index (χ0v) is 23.4. The fourth-order valence-corrected chi connectivity index (χ4v) is 5.57. The topological polar surface area (TPSA) is 50.1 Å². The summed E-state index contributed by atoms with van der Waals surface area (Å²) in [6, 6.07) is 17.3. The number of pyridine rings is 1. The number of halogens is 2. The molecule has 0 unspecified atom stereocenters. The Kier molecular flexibility index (Phi) is 8.07. The van der Waals surface area contributed by atoms with Crippen LogP contribution in [0.1, 0.15) is 48.9 Å². The Balaban J connectivity index is 1.23. The summed E-state index contributed by atoms with van der Waals surface area (Å²) in [4.78, 5) is 22.2. The van der Waals surface area contributed by atoms with E-state index in [0.717, 1.165) is 42.3 Å². The quantitative estimate of drug-likeness (QED) is 0.220. The second kappa shape index (κ2) is 11.7. The maximum atomic E-state index is 15.3. The SMILES string of the molecule is CCOc1ccc(N2CCN(c3ccc(CCC(=O)c4c(CC)nc5ccc(Cl)cn45)cc3F)C[C@@H]2C)cc1. The van der Waals surface area contributed by atoms with Gasteiger partial charge in [-0.15, -0.1) is 0 Å². The second-order valence-electron chi connectivity index (χ2n) is 9.96. The number of hydrogen-bond acceptors (Lipinski definition) is 5. The van der Waals surface area contributed by atoms with Crippen LogP contribution in [0.3, 0.4) is 0 Å². The van der Waals surface area contributed by atoms with Gasteiger partial charge in [0.15, 0.2) is 5.78 Å². The van der Waals surface area contributed by atoms with Gasteiger partial charge in [0, 0.05) is 44.0 Å². The van der Waals surface area contributed by atoms with Gasteiger partial charge in [-0.1, -0.05) is 24.6 Å². The lowest BCUT2D eigenvalue weighted by molar-refractivity contribution is 0.0976. The molecule has 204 valence electrons. The number of benzene rings is 2. The number of carbonyl (C=O) groups is 1. The summed E-state index contributed by atoms with van der Waals surface area (Å²) in [7, 11) is 0. The number of ether oxygens (including phenoxy) is 1. The van der Waals surface area contributed by atoms with Crippen molar-refractivity contribution in [1.82, 2.24) is 9.38 Å². The van der Waals surface area contributed by atoms with Crippen molar-refractivity contribution in [2.24, 2.45) is 0 Å². The Bertz CT molecular complexity index is 1470. The van der Waals surface area contributed by atoms with Crippen LogP contribution >= 0.6 is 11.6 Å². The second-order valence-corrected chi connectivity index (χ2v) is 10.4. The summed E-state index contributed by atoms with van der Waals surface area (Å²) < 4.78 is 22.6. The molecule has 1 saturated heterocycles. The molecule has 0 saturated carbocycles. The molecule has 0 aliphatic carbocycles. The number of piperazine rings is 1. The van der Waals surface area contributed by atoms with Crippen molar-refractivity contribution in [1.29, 1.82) is 0 Å². The molecule has 39 heavy (non-hydrogen) atoms. The van der Waals surface area contributed by atoms with Gasteiger partial charge < -0.3 is 14.5 Å². The lowest BCUT2D eigenvalue weighted by Gasteiger charge is -2.42. The average Bonchev–Trinajstić information content (AvgIpc) is 3.30. The highest BCUT2D eigenvalue weighted by Crippen LogP contribution is 2.28. The molecule has 1 fully saturated rings. The molecule has 3 heterocycles. The third-order valence-corrected chi connectivity index (χ3v) is 7.58. The molecule has 0 bridgehead atoms. The van der Waals surface area contributed by atoms with Gasteiger partial charge >= 0.3 is 0 Å². The van der Waals surface area contributed by atoms with Crippen LogP contribution in [0.5, 0.6) is 5.75 Å². The number of hydrogen-bond donors (Lipinski definition) is 0. The molecule has 1 aliphatic rings. The van der Waals surface area contributed by atoms with Gasteiger partial charge in [0.1, 0.15) is 22.9 Å². The van der Waals surface area contributed by atoms with Crippen molar-refractivity contribution in [2.75, 3.05) is 36.0 Å². The highest BCUT2D eigenvalue weighted by atomic mass is 35.5. The molecule has 2 aromatic carbocycles. The van der Waals surface area contributed by atoms with E-state index in [1.54, 1.807) is 22.7 Å². The molecule has 6 nitrogen and oxygen atoms in total. The van der Waals surface area contributed by atoms with Crippen molar-refractivity contribution in [3.8, 4) is 5.75 Å². The number of rotatable bonds is 9. The highest BCUT2D eigenvalue weighted by molar-refractivity contribution is 6.30. The standard InChI is InChI=1S/C31H34ClFN4O2/c1-4-27-31(37-20-23(32)8-15-30(37)34-27)29(38)14-7-22-6-13-28(26(33)18-22)35-16-17-36(21(3)19-35)24-9-11-25(12-10-24)39-5-2/h6,8-13,15,18,20-21H,4-5,7,14,16-17,19H2,1-3H3/t21-/m0/s1. The molecule has 0 N–H and O–H groups in total. The lowest BCUT2D eigenvalue weighted by atomic mass is 10.0. The summed E-state index contributed by atoms with van der Waals surface area (Å²) in [5.74, 6) is 0.591. The maximum Gasteiger partial charge on any atom is 0.181 e. The van der Waals surface area contributed by atoms with E-state index in [2.05, 4.69) is 33.8 Å². The molecule has 5 rings (SSSR count). The lowest BCUT2D eigenvalue weighted by Crippen LogP contribution is -2.52. The van der Waals surface area contributed by atoms with E-state index in [1.807, 2.05) is 44.2 Å². The van der Waals surface area contributed by atoms with Crippen LogP contribution in [0.4, 0.5) is 15.8 Å². The number of ketones is 1. The van der Waals surface area contributed by atoms with E-state index in [9.17, 15) is 4.79 Å². The first-order chi connectivity index (χ1) is 18.9. The van der Waals surface area contributed by atoms with Crippen LogP contribution in [0.25, 0.3) is 5.65 Å². The van der Waals surface area contributed by atoms with E-state index >= 15 is 4.39 Å². The predicted molar refractivity (Wildman–Crippen MR) is 155 cm³/mol. The normalized spacial score (nSPS) is 15.7. The fourth-order valence-electron chi connectivity index (χ4n) is 5.41. The van der Waals surface area contributed by atoms with Gasteiger partial charge in [-0.2, -0.15) is 0 Å². The van der Waals surface area contributed by atoms with Gasteiger partial charge in [0.05, 0.1) is 23.0 Å². The number of carbonyl (C=O) groups excluding carboxylic acids is 1. The summed E-state index contributed by atoms with van der Waals surface area (Å²) in [6.45, 7) is 9.01. The maximum absolute atomic E-state index is 15.3. The number of imidazole rings is 1. The van der Waals surface area contributed by atoms with Gasteiger partial charge in [-0.25, -0.2) is 9.37 Å². The zero-order chi connectivity index (χ0) is 27.5. The van der Waals surface area contributed by atoms with Crippen molar-refractivity contribution < 1.29 is 13.9 Å². The minimum atomic E-state index is -0.252. The zero-order valence-electron chi connectivity index (χ0n) is 22.7. The first kappa shape index (κ1) is 27.0. The van der Waals surface area contributed by atoms with Crippen molar-refractivity contribution >= 4 is 34.4 Å². The molecule has 1 atom stereocenters. The van der Waals surface area contributed by atoms with Gasteiger partial charge in [-0.3, -0.25) is 9.20 Å². The number of aryl methyl sites for hydroxylation is 2. The van der Waals surface area contributed by atoms with E-state index < -0.39 is 0 Å². The Morgan fingerprint density at radius 2 is 1.90 bits per heavy atom. The van der Waals surface area contributed by atoms with Crippen molar-refractivity contribution in [3.63, 3.8) is 0 Å². The Morgan fingerprint density at radius 3 is 2.59 bits per heavy atom. The molecule has 8 heteroatoms. The third kappa shape index (κ3) is 5.74. The average molecular weight is 549 g/mol. The van der Waals surface area contributed by atoms with E-state index in [0.29, 0.717) is 41.5 Å². The number of fused-ring (bicyclic) bond motifs is 1. The highest BCUT2D eigenvalue weighted by Gasteiger charge is 2.26. The van der Waals surface area contributed by atoms with Gasteiger partial charge in [-0.05, 0) is 80.8 Å². The molecule has 2 aromatic heterocycles. The van der Waals surface area contributed by atoms with Crippen molar-refractivity contribution in [2.45, 2.75) is 46.1 Å². The Morgan fingerprint density at radius 1 is 1.10 bits per heavy atom. The Labute approximate surface area is 234 Å². The number of Topliss-reactive ketones (excluding diaryl/α,β-unsaturated/α-hetero) is 1. The smallest absolute Gasteiger partial charge is 0.181 e. The largest absolute Gasteiger partial charge is 0.494 e. The van der Waals surface area contributed by atoms with Crippen LogP contribution in [0.2, 0.25) is 5.02 Å². The number of nitrogens with zero attached hydrogens (tertiary/aromatic N) is 4. The molecule has 4 aromatic rings. The monoisotopic (exact) mass is 548 g/mol. The van der Waals surface area contributed by atoms with Gasteiger partial charge in [0.25, 0.3) is 0 Å². The minimum absolute atomic E-state index is 0.0228. The Hall–Kier alpha value is -3.58. The fraction of sp³-hybridized carbons (Fsp3) is 0.355. The summed E-state index contributed by atoms with van der Waals surface area (Å²) in [5, 5.41) is 0.545. The number of aromatic nitrogens is 2. The summed E-state index contributed by atoms with van der Waals surface area (Å²) in [5.41, 5.74) is 4.56. The first-order valence-corrected chi connectivity index (χ1v) is 14.0. The third-order valence-electron chi connectivity index (χ3n) is 7.35. The minimum Gasteiger partial charge on any atom is -0.494 e. The van der Waals surface area contributed by atoms with Crippen molar-refractivity contribution in [3.05, 3.63) is 88.6 Å².